The SMILES string of the molecule is CS(=O)(=O)c1ccc(C(=NOC2CCCC2)C(=O)Nc2ncc(Cl)s2)cn1. The first kappa shape index (κ1) is 19.7. The minimum absolute atomic E-state index is 0.0132. The van der Waals surface area contributed by atoms with Crippen LogP contribution in [0.2, 0.25) is 4.34 Å². The van der Waals surface area contributed by atoms with Crippen molar-refractivity contribution in [1.82, 2.24) is 9.97 Å². The van der Waals surface area contributed by atoms with Crippen molar-refractivity contribution >= 4 is 49.5 Å². The average Bonchev–Trinajstić information content (AvgIpc) is 3.26. The van der Waals surface area contributed by atoms with E-state index in [2.05, 4.69) is 20.4 Å². The van der Waals surface area contributed by atoms with Gasteiger partial charge in [0.25, 0.3) is 5.91 Å². The summed E-state index contributed by atoms with van der Waals surface area (Å²) in [5.74, 6) is -0.548. The average molecular weight is 429 g/mol. The van der Waals surface area contributed by atoms with E-state index in [0.29, 0.717) is 15.0 Å². The molecule has 144 valence electrons. The van der Waals surface area contributed by atoms with Crippen LogP contribution in [0.4, 0.5) is 5.13 Å². The first-order chi connectivity index (χ1) is 12.8. The molecule has 1 amide bonds. The summed E-state index contributed by atoms with van der Waals surface area (Å²) in [5.41, 5.74) is 0.321. The van der Waals surface area contributed by atoms with Gasteiger partial charge in [-0.05, 0) is 37.8 Å². The van der Waals surface area contributed by atoms with E-state index in [1.807, 2.05) is 0 Å². The fraction of sp³-hybridized carbons (Fsp3) is 0.375. The molecular weight excluding hydrogens is 412 g/mol. The third-order valence-electron chi connectivity index (χ3n) is 3.90. The Morgan fingerprint density at radius 1 is 1.30 bits per heavy atom. The standard InChI is InChI=1S/C16H17ClN4O4S2/c1-27(23,24)13-7-6-10(8-18-13)14(21-25-11-4-2-3-5-11)15(22)20-16-19-9-12(17)26-16/h6-9,11H,2-5H2,1H3,(H,19,20,22). The van der Waals surface area contributed by atoms with E-state index in [9.17, 15) is 13.2 Å². The van der Waals surface area contributed by atoms with E-state index in [1.165, 1.54) is 24.5 Å². The highest BCUT2D eigenvalue weighted by Crippen LogP contribution is 2.24. The van der Waals surface area contributed by atoms with Gasteiger partial charge in [-0.3, -0.25) is 10.1 Å². The van der Waals surface area contributed by atoms with Gasteiger partial charge in [-0.2, -0.15) is 0 Å². The quantitative estimate of drug-likeness (QED) is 0.559. The van der Waals surface area contributed by atoms with Gasteiger partial charge in [0.05, 0.1) is 6.20 Å². The topological polar surface area (TPSA) is 111 Å². The highest BCUT2D eigenvalue weighted by atomic mass is 35.5. The molecule has 0 aliphatic heterocycles. The lowest BCUT2D eigenvalue weighted by Crippen LogP contribution is -2.25. The Kier molecular flexibility index (Phi) is 6.08. The Labute approximate surface area is 165 Å². The van der Waals surface area contributed by atoms with Crippen LogP contribution in [0.15, 0.2) is 34.7 Å². The number of thiazole rings is 1. The lowest BCUT2D eigenvalue weighted by Gasteiger charge is -2.10. The van der Waals surface area contributed by atoms with Gasteiger partial charge in [0.15, 0.2) is 25.7 Å². The number of rotatable bonds is 6. The number of nitrogens with zero attached hydrogens (tertiary/aromatic N) is 3. The number of anilines is 1. The molecule has 1 N–H and O–H groups in total. The van der Waals surface area contributed by atoms with Crippen LogP contribution < -0.4 is 5.32 Å². The van der Waals surface area contributed by atoms with Crippen molar-refractivity contribution in [3.05, 3.63) is 34.4 Å². The second kappa shape index (κ2) is 8.32. The minimum atomic E-state index is -3.44. The van der Waals surface area contributed by atoms with Crippen LogP contribution in [0, 0.1) is 0 Å². The molecule has 0 aromatic carbocycles. The van der Waals surface area contributed by atoms with Crippen molar-refractivity contribution in [3.63, 3.8) is 0 Å². The molecule has 11 heteroatoms. The molecule has 1 aliphatic rings. The van der Waals surface area contributed by atoms with Crippen LogP contribution in [0.5, 0.6) is 0 Å². The van der Waals surface area contributed by atoms with Gasteiger partial charge in [-0.25, -0.2) is 18.4 Å². The molecule has 0 atom stereocenters. The van der Waals surface area contributed by atoms with Crippen LogP contribution >= 0.6 is 22.9 Å². The third-order valence-corrected chi connectivity index (χ3v) is 5.93. The predicted octanol–water partition coefficient (Wildman–Crippen LogP) is 2.90. The van der Waals surface area contributed by atoms with E-state index in [0.717, 1.165) is 43.3 Å². The minimum Gasteiger partial charge on any atom is -0.392 e. The maximum Gasteiger partial charge on any atom is 0.280 e. The van der Waals surface area contributed by atoms with Gasteiger partial charge in [0.1, 0.15) is 10.4 Å². The van der Waals surface area contributed by atoms with E-state index in [-0.39, 0.29) is 16.8 Å². The number of aromatic nitrogens is 2. The number of hydrogen-bond acceptors (Lipinski definition) is 8. The molecule has 1 saturated carbocycles. The van der Waals surface area contributed by atoms with Gasteiger partial charge >= 0.3 is 0 Å². The van der Waals surface area contributed by atoms with Gasteiger partial charge in [-0.1, -0.05) is 28.1 Å². The monoisotopic (exact) mass is 428 g/mol. The lowest BCUT2D eigenvalue weighted by molar-refractivity contribution is -0.110. The van der Waals surface area contributed by atoms with Crippen molar-refractivity contribution < 1.29 is 18.0 Å². The molecule has 2 aromatic heterocycles. The van der Waals surface area contributed by atoms with Crippen molar-refractivity contribution in [2.45, 2.75) is 36.8 Å². The number of carbonyl (C=O) groups is 1. The van der Waals surface area contributed by atoms with E-state index in [1.54, 1.807) is 0 Å². The molecule has 1 fully saturated rings. The molecule has 0 radical (unpaired) electrons. The van der Waals surface area contributed by atoms with E-state index in [4.69, 9.17) is 16.4 Å². The number of sulfone groups is 1. The molecule has 2 aromatic rings. The largest absolute Gasteiger partial charge is 0.392 e. The number of hydrogen-bond donors (Lipinski definition) is 1. The summed E-state index contributed by atoms with van der Waals surface area (Å²) in [6.07, 6.45) is 7.61. The second-order valence-corrected chi connectivity index (χ2v) is 9.66. The lowest BCUT2D eigenvalue weighted by atomic mass is 10.1. The summed E-state index contributed by atoms with van der Waals surface area (Å²) in [7, 11) is -3.44. The van der Waals surface area contributed by atoms with Crippen LogP contribution in [-0.2, 0) is 19.5 Å². The number of halogens is 1. The van der Waals surface area contributed by atoms with E-state index >= 15 is 0 Å². The number of nitrogens with one attached hydrogen (secondary N) is 1. The maximum absolute atomic E-state index is 12.7. The van der Waals surface area contributed by atoms with Crippen LogP contribution in [0.1, 0.15) is 31.2 Å². The van der Waals surface area contributed by atoms with Gasteiger partial charge in [0, 0.05) is 18.0 Å². The normalized spacial score (nSPS) is 15.7. The van der Waals surface area contributed by atoms with Crippen molar-refractivity contribution in [3.8, 4) is 0 Å². The number of pyridine rings is 1. The van der Waals surface area contributed by atoms with Gasteiger partial charge in [0.2, 0.25) is 0 Å². The highest BCUT2D eigenvalue weighted by Gasteiger charge is 2.21. The Balaban J connectivity index is 1.86. The number of oxime groups is 1. The van der Waals surface area contributed by atoms with Crippen molar-refractivity contribution in [1.29, 1.82) is 0 Å². The predicted molar refractivity (Wildman–Crippen MR) is 103 cm³/mol. The molecule has 0 unspecified atom stereocenters. The fourth-order valence-electron chi connectivity index (χ4n) is 2.55. The molecule has 27 heavy (non-hydrogen) atoms. The molecule has 0 spiro atoms. The van der Waals surface area contributed by atoms with Crippen molar-refractivity contribution in [2.75, 3.05) is 11.6 Å². The zero-order chi connectivity index (χ0) is 19.4. The zero-order valence-electron chi connectivity index (χ0n) is 14.4. The molecular formula is C16H17ClN4O4S2. The third kappa shape index (κ3) is 5.24. The number of amides is 1. The van der Waals surface area contributed by atoms with Gasteiger partial charge in [-0.15, -0.1) is 0 Å². The molecule has 0 bridgehead atoms. The highest BCUT2D eigenvalue weighted by molar-refractivity contribution is 7.90. The molecule has 1 aliphatic carbocycles. The Bertz CT molecular complexity index is 951. The smallest absolute Gasteiger partial charge is 0.280 e. The Hall–Kier alpha value is -2.04. The summed E-state index contributed by atoms with van der Waals surface area (Å²) in [6, 6.07) is 2.79. The summed E-state index contributed by atoms with van der Waals surface area (Å²) in [6.45, 7) is 0. The molecule has 3 rings (SSSR count). The summed E-state index contributed by atoms with van der Waals surface area (Å²) < 4.78 is 23.6. The first-order valence-electron chi connectivity index (χ1n) is 8.16. The number of carbonyl (C=O) groups excluding carboxylic acids is 1. The first-order valence-corrected chi connectivity index (χ1v) is 11.2. The van der Waals surface area contributed by atoms with Crippen LogP contribution in [0.3, 0.4) is 0 Å². The Morgan fingerprint density at radius 3 is 2.59 bits per heavy atom. The summed E-state index contributed by atoms with van der Waals surface area (Å²) >= 11 is 6.94. The molecule has 8 nitrogen and oxygen atoms in total. The summed E-state index contributed by atoms with van der Waals surface area (Å²) in [5, 5.41) is 6.87. The molecule has 0 saturated heterocycles. The van der Waals surface area contributed by atoms with Crippen LogP contribution in [0.25, 0.3) is 0 Å². The fourth-order valence-corrected chi connectivity index (χ4v) is 3.92. The van der Waals surface area contributed by atoms with Crippen molar-refractivity contribution in [2.24, 2.45) is 5.16 Å². The van der Waals surface area contributed by atoms with Gasteiger partial charge < -0.3 is 4.84 Å². The zero-order valence-corrected chi connectivity index (χ0v) is 16.8. The van der Waals surface area contributed by atoms with E-state index < -0.39 is 15.7 Å². The molecule has 2 heterocycles. The second-order valence-electron chi connectivity index (χ2n) is 6.03. The van der Waals surface area contributed by atoms with Crippen LogP contribution in [-0.4, -0.2) is 42.4 Å². The maximum atomic E-state index is 12.7. The summed E-state index contributed by atoms with van der Waals surface area (Å²) in [4.78, 5) is 26.1. The Morgan fingerprint density at radius 2 is 2.04 bits per heavy atom.